The number of hydrogen-bond acceptors (Lipinski definition) is 3. The summed E-state index contributed by atoms with van der Waals surface area (Å²) in [4.78, 5) is 13.9. The Bertz CT molecular complexity index is 619. The van der Waals surface area contributed by atoms with E-state index in [0.717, 1.165) is 17.7 Å². The fourth-order valence-corrected chi connectivity index (χ4v) is 3.06. The van der Waals surface area contributed by atoms with Crippen molar-refractivity contribution in [2.75, 3.05) is 5.32 Å². The predicted molar refractivity (Wildman–Crippen MR) is 85.4 cm³/mol. The molecule has 1 aromatic heterocycles. The standard InChI is InChI=1S/C16H20N2OS/c1-4-13-6-8-15(20-13)11(3)18-14-7-5-12(16(17)19)9-10(14)2/h5-9,11,18H,4H2,1-3H3,(H2,17,19). The maximum absolute atomic E-state index is 11.1. The van der Waals surface area contributed by atoms with Crippen molar-refractivity contribution in [3.63, 3.8) is 0 Å². The molecular weight excluding hydrogens is 268 g/mol. The number of nitrogens with two attached hydrogens (primary N) is 1. The second-order valence-corrected chi connectivity index (χ2v) is 6.12. The van der Waals surface area contributed by atoms with E-state index in [1.165, 1.54) is 9.75 Å². The van der Waals surface area contributed by atoms with E-state index < -0.39 is 5.91 Å². The van der Waals surface area contributed by atoms with Crippen molar-refractivity contribution < 1.29 is 4.79 Å². The summed E-state index contributed by atoms with van der Waals surface area (Å²) in [5.74, 6) is -0.390. The largest absolute Gasteiger partial charge is 0.377 e. The van der Waals surface area contributed by atoms with Gasteiger partial charge in [-0.15, -0.1) is 11.3 Å². The lowest BCUT2D eigenvalue weighted by Crippen LogP contribution is -2.12. The molecule has 1 heterocycles. The number of rotatable bonds is 5. The number of thiophene rings is 1. The van der Waals surface area contributed by atoms with Crippen LogP contribution in [-0.2, 0) is 6.42 Å². The summed E-state index contributed by atoms with van der Waals surface area (Å²) in [5.41, 5.74) is 7.90. The molecule has 0 fully saturated rings. The van der Waals surface area contributed by atoms with Crippen LogP contribution in [0.5, 0.6) is 0 Å². The van der Waals surface area contributed by atoms with Crippen LogP contribution < -0.4 is 11.1 Å². The zero-order chi connectivity index (χ0) is 14.7. The number of hydrogen-bond donors (Lipinski definition) is 2. The first kappa shape index (κ1) is 14.6. The van der Waals surface area contributed by atoms with Gasteiger partial charge in [-0.05, 0) is 56.2 Å². The van der Waals surface area contributed by atoms with Crippen molar-refractivity contribution in [2.45, 2.75) is 33.2 Å². The van der Waals surface area contributed by atoms with E-state index in [9.17, 15) is 4.79 Å². The Morgan fingerprint density at radius 2 is 2.10 bits per heavy atom. The quantitative estimate of drug-likeness (QED) is 0.877. The van der Waals surface area contributed by atoms with Crippen LogP contribution in [0.4, 0.5) is 5.69 Å². The highest BCUT2D eigenvalue weighted by atomic mass is 32.1. The van der Waals surface area contributed by atoms with Crippen molar-refractivity contribution in [1.82, 2.24) is 0 Å². The number of primary amides is 1. The number of nitrogens with one attached hydrogen (secondary N) is 1. The molecule has 0 radical (unpaired) electrons. The van der Waals surface area contributed by atoms with Crippen molar-refractivity contribution in [3.8, 4) is 0 Å². The van der Waals surface area contributed by atoms with Crippen LogP contribution >= 0.6 is 11.3 Å². The van der Waals surface area contributed by atoms with Gasteiger partial charge in [-0.2, -0.15) is 0 Å². The van der Waals surface area contributed by atoms with Crippen LogP contribution in [0.3, 0.4) is 0 Å². The van der Waals surface area contributed by atoms with Gasteiger partial charge in [0.2, 0.25) is 5.91 Å². The summed E-state index contributed by atoms with van der Waals surface area (Å²) in [6, 6.07) is 10.1. The van der Waals surface area contributed by atoms with E-state index in [0.29, 0.717) is 5.56 Å². The van der Waals surface area contributed by atoms with E-state index in [4.69, 9.17) is 5.73 Å². The number of anilines is 1. The van der Waals surface area contributed by atoms with Crippen LogP contribution in [0.1, 0.15) is 45.6 Å². The highest BCUT2D eigenvalue weighted by molar-refractivity contribution is 7.12. The molecule has 3 nitrogen and oxygen atoms in total. The summed E-state index contributed by atoms with van der Waals surface area (Å²) in [7, 11) is 0. The Hall–Kier alpha value is -1.81. The normalized spacial score (nSPS) is 12.2. The maximum Gasteiger partial charge on any atom is 0.248 e. The fourth-order valence-electron chi connectivity index (χ4n) is 2.10. The van der Waals surface area contributed by atoms with Gasteiger partial charge >= 0.3 is 0 Å². The van der Waals surface area contributed by atoms with Gasteiger partial charge in [0.25, 0.3) is 0 Å². The van der Waals surface area contributed by atoms with Gasteiger partial charge in [0.15, 0.2) is 0 Å². The third-order valence-electron chi connectivity index (χ3n) is 3.34. The topological polar surface area (TPSA) is 55.1 Å². The third-order valence-corrected chi connectivity index (χ3v) is 4.75. The molecule has 0 bridgehead atoms. The number of carbonyl (C=O) groups excluding carboxylic acids is 1. The monoisotopic (exact) mass is 288 g/mol. The zero-order valence-corrected chi connectivity index (χ0v) is 12.9. The van der Waals surface area contributed by atoms with E-state index in [-0.39, 0.29) is 6.04 Å². The van der Waals surface area contributed by atoms with Crippen LogP contribution in [0.15, 0.2) is 30.3 Å². The molecule has 20 heavy (non-hydrogen) atoms. The second-order valence-electron chi connectivity index (χ2n) is 4.92. The molecule has 4 heteroatoms. The minimum atomic E-state index is -0.390. The SMILES string of the molecule is CCc1ccc(C(C)Nc2ccc(C(N)=O)cc2C)s1. The Balaban J connectivity index is 2.15. The minimum Gasteiger partial charge on any atom is -0.377 e. The first-order chi connectivity index (χ1) is 9.51. The maximum atomic E-state index is 11.1. The highest BCUT2D eigenvalue weighted by Crippen LogP contribution is 2.28. The Kier molecular flexibility index (Phi) is 4.45. The van der Waals surface area contributed by atoms with E-state index in [1.54, 1.807) is 6.07 Å². The molecular formula is C16H20N2OS. The van der Waals surface area contributed by atoms with Crippen LogP contribution in [0.2, 0.25) is 0 Å². The molecule has 106 valence electrons. The first-order valence-corrected chi connectivity index (χ1v) is 7.58. The minimum absolute atomic E-state index is 0.249. The zero-order valence-electron chi connectivity index (χ0n) is 12.1. The average Bonchev–Trinajstić information content (AvgIpc) is 2.89. The van der Waals surface area contributed by atoms with Crippen LogP contribution in [0.25, 0.3) is 0 Å². The molecule has 1 aromatic carbocycles. The molecule has 2 aromatic rings. The average molecular weight is 288 g/mol. The van der Waals surface area contributed by atoms with Gasteiger partial charge in [0.1, 0.15) is 0 Å². The Labute approximate surface area is 123 Å². The highest BCUT2D eigenvalue weighted by Gasteiger charge is 2.10. The Morgan fingerprint density at radius 1 is 1.35 bits per heavy atom. The number of aryl methyl sites for hydroxylation is 2. The molecule has 3 N–H and O–H groups in total. The van der Waals surface area contributed by atoms with E-state index >= 15 is 0 Å². The lowest BCUT2D eigenvalue weighted by Gasteiger charge is -2.16. The van der Waals surface area contributed by atoms with Gasteiger partial charge in [-0.25, -0.2) is 0 Å². The van der Waals surface area contributed by atoms with Crippen molar-refractivity contribution in [1.29, 1.82) is 0 Å². The van der Waals surface area contributed by atoms with Crippen LogP contribution in [0, 0.1) is 6.92 Å². The molecule has 0 aliphatic heterocycles. The smallest absolute Gasteiger partial charge is 0.248 e. The van der Waals surface area contributed by atoms with Gasteiger partial charge in [0, 0.05) is 21.0 Å². The molecule has 0 aliphatic carbocycles. The number of benzene rings is 1. The Morgan fingerprint density at radius 3 is 2.65 bits per heavy atom. The van der Waals surface area contributed by atoms with Crippen molar-refractivity contribution in [2.24, 2.45) is 5.73 Å². The van der Waals surface area contributed by atoms with Gasteiger partial charge in [-0.3, -0.25) is 4.79 Å². The molecule has 2 rings (SSSR count). The molecule has 0 saturated carbocycles. The van der Waals surface area contributed by atoms with E-state index in [1.807, 2.05) is 30.4 Å². The summed E-state index contributed by atoms with van der Waals surface area (Å²) >= 11 is 1.84. The molecule has 1 atom stereocenters. The summed E-state index contributed by atoms with van der Waals surface area (Å²) in [6.07, 6.45) is 1.07. The number of amides is 1. The second kappa shape index (κ2) is 6.09. The van der Waals surface area contributed by atoms with E-state index in [2.05, 4.69) is 31.3 Å². The number of carbonyl (C=O) groups is 1. The predicted octanol–water partition coefficient (Wildman–Crippen LogP) is 3.89. The molecule has 0 aliphatic rings. The first-order valence-electron chi connectivity index (χ1n) is 6.77. The molecule has 1 amide bonds. The summed E-state index contributed by atoms with van der Waals surface area (Å²) in [5, 5.41) is 3.49. The van der Waals surface area contributed by atoms with Crippen LogP contribution in [-0.4, -0.2) is 5.91 Å². The van der Waals surface area contributed by atoms with Gasteiger partial charge < -0.3 is 11.1 Å². The van der Waals surface area contributed by atoms with Crippen molar-refractivity contribution >= 4 is 22.9 Å². The fraction of sp³-hybridized carbons (Fsp3) is 0.312. The summed E-state index contributed by atoms with van der Waals surface area (Å²) in [6.45, 7) is 6.29. The lowest BCUT2D eigenvalue weighted by molar-refractivity contribution is 0.1000. The lowest BCUT2D eigenvalue weighted by atomic mass is 10.1. The summed E-state index contributed by atoms with van der Waals surface area (Å²) < 4.78 is 0. The van der Waals surface area contributed by atoms with Gasteiger partial charge in [-0.1, -0.05) is 6.92 Å². The molecule has 0 saturated heterocycles. The molecule has 1 unspecified atom stereocenters. The van der Waals surface area contributed by atoms with Gasteiger partial charge in [0.05, 0.1) is 6.04 Å². The molecule has 0 spiro atoms. The van der Waals surface area contributed by atoms with Crippen molar-refractivity contribution in [3.05, 3.63) is 51.2 Å². The third kappa shape index (κ3) is 3.20.